The SMILES string of the molecule is CCc1ccc(OCC(=O)O)c([C@H]2C[C@](C)(NC(=O)CCO)C[C@@H](c3ccc(Cl)cc3)O2)c1. The maximum atomic E-state index is 12.4. The van der Waals surface area contributed by atoms with Gasteiger partial charge in [0.15, 0.2) is 6.61 Å². The highest BCUT2D eigenvalue weighted by atomic mass is 35.5. The molecule has 1 saturated heterocycles. The third-order valence-corrected chi connectivity index (χ3v) is 6.05. The summed E-state index contributed by atoms with van der Waals surface area (Å²) in [5, 5.41) is 21.9. The lowest BCUT2D eigenvalue weighted by atomic mass is 9.81. The molecule has 0 aromatic heterocycles. The first-order chi connectivity index (χ1) is 15.7. The molecule has 1 aliphatic heterocycles. The van der Waals surface area contributed by atoms with Crippen molar-refractivity contribution in [3.63, 3.8) is 0 Å². The van der Waals surface area contributed by atoms with Crippen LogP contribution in [0.5, 0.6) is 5.75 Å². The van der Waals surface area contributed by atoms with Gasteiger partial charge in [-0.15, -0.1) is 0 Å². The van der Waals surface area contributed by atoms with Crippen LogP contribution in [0, 0.1) is 0 Å². The quantitative estimate of drug-likeness (QED) is 0.501. The summed E-state index contributed by atoms with van der Waals surface area (Å²) in [5.41, 5.74) is 2.12. The molecule has 0 aliphatic carbocycles. The number of aryl methyl sites for hydroxylation is 1. The molecule has 3 rings (SSSR count). The Morgan fingerprint density at radius 2 is 1.88 bits per heavy atom. The van der Waals surface area contributed by atoms with Crippen molar-refractivity contribution in [3.8, 4) is 5.75 Å². The smallest absolute Gasteiger partial charge is 0.341 e. The molecule has 178 valence electrons. The zero-order chi connectivity index (χ0) is 24.0. The highest BCUT2D eigenvalue weighted by molar-refractivity contribution is 6.30. The van der Waals surface area contributed by atoms with Crippen LogP contribution in [0.15, 0.2) is 42.5 Å². The monoisotopic (exact) mass is 475 g/mol. The lowest BCUT2D eigenvalue weighted by Crippen LogP contribution is -2.51. The van der Waals surface area contributed by atoms with Crippen LogP contribution in [-0.4, -0.2) is 40.8 Å². The van der Waals surface area contributed by atoms with Crippen LogP contribution < -0.4 is 10.1 Å². The number of rotatable bonds is 9. The third kappa shape index (κ3) is 6.69. The topological polar surface area (TPSA) is 105 Å². The highest BCUT2D eigenvalue weighted by Crippen LogP contribution is 2.46. The van der Waals surface area contributed by atoms with Crippen molar-refractivity contribution < 1.29 is 29.3 Å². The molecule has 0 radical (unpaired) electrons. The zero-order valence-corrected chi connectivity index (χ0v) is 19.6. The molecule has 1 aliphatic rings. The molecule has 0 spiro atoms. The summed E-state index contributed by atoms with van der Waals surface area (Å²) < 4.78 is 12.1. The fourth-order valence-electron chi connectivity index (χ4n) is 4.20. The molecule has 3 atom stereocenters. The lowest BCUT2D eigenvalue weighted by molar-refractivity contribution is -0.139. The summed E-state index contributed by atoms with van der Waals surface area (Å²) in [6.45, 7) is 3.31. The number of hydrogen-bond donors (Lipinski definition) is 3. The molecule has 2 aromatic rings. The first kappa shape index (κ1) is 25.0. The van der Waals surface area contributed by atoms with Crippen LogP contribution in [0.25, 0.3) is 0 Å². The van der Waals surface area contributed by atoms with Gasteiger partial charge >= 0.3 is 5.97 Å². The van der Waals surface area contributed by atoms with Crippen molar-refractivity contribution in [2.45, 2.75) is 57.3 Å². The molecule has 2 aromatic carbocycles. The van der Waals surface area contributed by atoms with Gasteiger partial charge in [0, 0.05) is 35.4 Å². The maximum Gasteiger partial charge on any atom is 0.341 e. The number of halogens is 1. The molecule has 0 saturated carbocycles. The van der Waals surface area contributed by atoms with Crippen LogP contribution >= 0.6 is 11.6 Å². The predicted octanol–water partition coefficient (Wildman–Crippen LogP) is 4.22. The number of aliphatic hydroxyl groups is 1. The van der Waals surface area contributed by atoms with E-state index in [1.54, 1.807) is 18.2 Å². The number of aliphatic carboxylic acids is 1. The van der Waals surface area contributed by atoms with Gasteiger partial charge in [-0.2, -0.15) is 0 Å². The molecule has 1 fully saturated rings. The highest BCUT2D eigenvalue weighted by Gasteiger charge is 2.41. The van der Waals surface area contributed by atoms with E-state index in [1.807, 2.05) is 38.1 Å². The molecule has 0 unspecified atom stereocenters. The summed E-state index contributed by atoms with van der Waals surface area (Å²) in [5.74, 6) is -0.856. The minimum atomic E-state index is -1.06. The number of hydrogen-bond acceptors (Lipinski definition) is 5. The molecule has 7 nitrogen and oxygen atoms in total. The van der Waals surface area contributed by atoms with Crippen molar-refractivity contribution in [1.82, 2.24) is 5.32 Å². The fraction of sp³-hybridized carbons (Fsp3) is 0.440. The lowest BCUT2D eigenvalue weighted by Gasteiger charge is -2.43. The van der Waals surface area contributed by atoms with Gasteiger partial charge in [-0.1, -0.05) is 36.7 Å². The van der Waals surface area contributed by atoms with Crippen molar-refractivity contribution >= 4 is 23.5 Å². The molecule has 3 N–H and O–H groups in total. The van der Waals surface area contributed by atoms with E-state index in [0.29, 0.717) is 23.6 Å². The summed E-state index contributed by atoms with van der Waals surface area (Å²) in [7, 11) is 0. The van der Waals surface area contributed by atoms with E-state index < -0.39 is 24.2 Å². The van der Waals surface area contributed by atoms with Gasteiger partial charge in [-0.05, 0) is 48.7 Å². The van der Waals surface area contributed by atoms with Crippen LogP contribution in [0.1, 0.15) is 62.0 Å². The Bertz CT molecular complexity index is 979. The minimum Gasteiger partial charge on any atom is -0.482 e. The molecule has 33 heavy (non-hydrogen) atoms. The standard InChI is InChI=1S/C25H30ClNO6/c1-3-16-4-9-20(32-15-24(30)31)19(12-16)22-14-25(2,27-23(29)10-11-28)13-21(33-22)17-5-7-18(26)8-6-17/h4-9,12,21-22,28H,3,10-11,13-15H2,1-2H3,(H,27,29)(H,30,31)/t21-,22+,25+/m0/s1. The first-order valence-corrected chi connectivity index (χ1v) is 11.4. The van der Waals surface area contributed by atoms with Crippen LogP contribution in [0.3, 0.4) is 0 Å². The second-order valence-electron chi connectivity index (χ2n) is 8.56. The average molecular weight is 476 g/mol. The summed E-state index contributed by atoms with van der Waals surface area (Å²) >= 11 is 6.06. The number of amides is 1. The summed E-state index contributed by atoms with van der Waals surface area (Å²) in [6, 6.07) is 13.0. The van der Waals surface area contributed by atoms with Crippen LogP contribution in [0.2, 0.25) is 5.02 Å². The molecule has 1 heterocycles. The predicted molar refractivity (Wildman–Crippen MR) is 124 cm³/mol. The summed E-state index contributed by atoms with van der Waals surface area (Å²) in [4.78, 5) is 23.5. The number of aliphatic hydroxyl groups excluding tert-OH is 1. The van der Waals surface area contributed by atoms with Crippen molar-refractivity contribution in [2.24, 2.45) is 0 Å². The van der Waals surface area contributed by atoms with Gasteiger partial charge in [0.2, 0.25) is 5.91 Å². The molecular weight excluding hydrogens is 446 g/mol. The maximum absolute atomic E-state index is 12.4. The van der Waals surface area contributed by atoms with Crippen LogP contribution in [0.4, 0.5) is 0 Å². The molecule has 8 heteroatoms. The fourth-order valence-corrected chi connectivity index (χ4v) is 4.32. The second-order valence-corrected chi connectivity index (χ2v) is 9.00. The van der Waals surface area contributed by atoms with Gasteiger partial charge in [0.05, 0.1) is 18.8 Å². The first-order valence-electron chi connectivity index (χ1n) is 11.0. The molecule has 1 amide bonds. The Morgan fingerprint density at radius 3 is 2.52 bits per heavy atom. The Morgan fingerprint density at radius 1 is 1.18 bits per heavy atom. The van der Waals surface area contributed by atoms with E-state index in [9.17, 15) is 14.7 Å². The van der Waals surface area contributed by atoms with Gasteiger partial charge < -0.3 is 25.0 Å². The number of carboxylic acid groups (broad SMARTS) is 1. The van der Waals surface area contributed by atoms with E-state index in [4.69, 9.17) is 26.2 Å². The van der Waals surface area contributed by atoms with E-state index >= 15 is 0 Å². The minimum absolute atomic E-state index is 0.0189. The Labute approximate surface area is 198 Å². The molecular formula is C25H30ClNO6. The van der Waals surface area contributed by atoms with E-state index in [-0.39, 0.29) is 25.0 Å². The van der Waals surface area contributed by atoms with Gasteiger partial charge in [-0.3, -0.25) is 4.79 Å². The Balaban J connectivity index is 1.99. The second kappa shape index (κ2) is 11.0. The zero-order valence-electron chi connectivity index (χ0n) is 18.8. The Hall–Kier alpha value is -2.61. The van der Waals surface area contributed by atoms with E-state index in [0.717, 1.165) is 23.1 Å². The number of carboxylic acids is 1. The van der Waals surface area contributed by atoms with Gasteiger partial charge in [0.25, 0.3) is 0 Å². The number of nitrogens with one attached hydrogen (secondary N) is 1. The third-order valence-electron chi connectivity index (χ3n) is 5.80. The summed E-state index contributed by atoms with van der Waals surface area (Å²) in [6.07, 6.45) is 1.02. The normalized spacial score (nSPS) is 22.5. The van der Waals surface area contributed by atoms with Gasteiger partial charge in [-0.25, -0.2) is 4.79 Å². The number of carbonyl (C=O) groups is 2. The molecule has 0 bridgehead atoms. The number of carbonyl (C=O) groups excluding carboxylic acids is 1. The van der Waals surface area contributed by atoms with Crippen molar-refractivity contribution in [1.29, 1.82) is 0 Å². The van der Waals surface area contributed by atoms with E-state index in [1.165, 1.54) is 0 Å². The van der Waals surface area contributed by atoms with Crippen LogP contribution in [-0.2, 0) is 20.7 Å². The Kier molecular flexibility index (Phi) is 8.35. The van der Waals surface area contributed by atoms with Gasteiger partial charge in [0.1, 0.15) is 5.75 Å². The van der Waals surface area contributed by atoms with E-state index in [2.05, 4.69) is 5.32 Å². The number of ether oxygens (including phenoxy) is 2. The van der Waals surface area contributed by atoms with Crippen molar-refractivity contribution in [2.75, 3.05) is 13.2 Å². The van der Waals surface area contributed by atoms with Crippen molar-refractivity contribution in [3.05, 3.63) is 64.2 Å². The average Bonchev–Trinajstić information content (AvgIpc) is 2.77. The number of benzene rings is 2. The largest absolute Gasteiger partial charge is 0.482 e.